The van der Waals surface area contributed by atoms with Crippen molar-refractivity contribution in [3.05, 3.63) is 25.7 Å². The van der Waals surface area contributed by atoms with Crippen LogP contribution in [0.5, 0.6) is 0 Å². The number of hydrazone groups is 1. The van der Waals surface area contributed by atoms with Crippen molar-refractivity contribution in [3.8, 4) is 6.07 Å². The Morgan fingerprint density at radius 1 is 1.65 bits per heavy atom. The van der Waals surface area contributed by atoms with Gasteiger partial charge in [-0.05, 0) is 47.2 Å². The van der Waals surface area contributed by atoms with Gasteiger partial charge in [0.05, 0.1) is 5.69 Å². The molecule has 0 aromatic heterocycles. The molecule has 0 aliphatic rings. The summed E-state index contributed by atoms with van der Waals surface area (Å²) in [5, 5.41) is 19.6. The minimum absolute atomic E-state index is 0.138. The fourth-order valence-electron chi connectivity index (χ4n) is 1.01. The summed E-state index contributed by atoms with van der Waals surface area (Å²) in [6.07, 6.45) is 0. The molecule has 1 aromatic rings. The zero-order valence-corrected chi connectivity index (χ0v) is 12.6. The van der Waals surface area contributed by atoms with Gasteiger partial charge in [0.1, 0.15) is 6.07 Å². The fourth-order valence-corrected chi connectivity index (χ4v) is 2.30. The molecule has 7 heteroatoms. The molecular weight excluding hydrogens is 397 g/mol. The summed E-state index contributed by atoms with van der Waals surface area (Å²) >= 11 is 5.60. The molecule has 0 bridgehead atoms. The van der Waals surface area contributed by atoms with Crippen molar-refractivity contribution < 1.29 is 0 Å². The Labute approximate surface area is 121 Å². The molecule has 0 radical (unpaired) electrons. The predicted octanol–water partition coefficient (Wildman–Crippen LogP) is 2.59. The summed E-state index contributed by atoms with van der Waals surface area (Å²) in [6, 6.07) is 5.46. The second-order valence-electron chi connectivity index (χ2n) is 3.13. The summed E-state index contributed by atoms with van der Waals surface area (Å²) in [4.78, 5) is 0. The first-order chi connectivity index (χ1) is 7.97. The van der Waals surface area contributed by atoms with E-state index in [0.717, 1.165) is 19.3 Å². The Morgan fingerprint density at radius 3 is 2.82 bits per heavy atom. The monoisotopic (exact) mass is 405 g/mol. The van der Waals surface area contributed by atoms with Gasteiger partial charge in [0.15, 0.2) is 5.84 Å². The number of hydrogen-bond acceptors (Lipinski definition) is 4. The van der Waals surface area contributed by atoms with E-state index in [0.29, 0.717) is 0 Å². The lowest BCUT2D eigenvalue weighted by Crippen LogP contribution is -2.22. The molecule has 88 valence electrons. The summed E-state index contributed by atoms with van der Waals surface area (Å²) in [5.41, 5.74) is 9.62. The van der Waals surface area contributed by atoms with E-state index in [1.54, 1.807) is 6.07 Å². The van der Waals surface area contributed by atoms with E-state index in [1.165, 1.54) is 0 Å². The summed E-state index contributed by atoms with van der Waals surface area (Å²) in [7, 11) is 0. The molecule has 0 atom stereocenters. The van der Waals surface area contributed by atoms with Crippen LogP contribution in [0.3, 0.4) is 0 Å². The normalized spacial score (nSPS) is 10.8. The second kappa shape index (κ2) is 5.97. The molecule has 17 heavy (non-hydrogen) atoms. The van der Waals surface area contributed by atoms with Crippen LogP contribution < -0.4 is 11.2 Å². The molecule has 0 heterocycles. The first-order valence-corrected chi connectivity index (χ1v) is 6.37. The molecule has 0 unspecified atom stereocenters. The topological polar surface area (TPSA) is 98.0 Å². The van der Waals surface area contributed by atoms with Crippen LogP contribution in [0.4, 0.5) is 5.69 Å². The molecule has 1 aromatic carbocycles. The maximum absolute atomic E-state index is 8.69. The van der Waals surface area contributed by atoms with Crippen molar-refractivity contribution in [2.75, 3.05) is 5.43 Å². The molecule has 0 amide bonds. The van der Waals surface area contributed by atoms with Crippen LogP contribution in [0.2, 0.25) is 0 Å². The lowest BCUT2D eigenvalue weighted by molar-refractivity contribution is 1.29. The maximum atomic E-state index is 8.69. The molecule has 0 aliphatic heterocycles. The molecule has 0 spiro atoms. The van der Waals surface area contributed by atoms with Crippen molar-refractivity contribution in [2.45, 2.75) is 6.92 Å². The Kier molecular flexibility index (Phi) is 4.89. The van der Waals surface area contributed by atoms with Gasteiger partial charge in [0, 0.05) is 8.04 Å². The van der Waals surface area contributed by atoms with Gasteiger partial charge in [-0.3, -0.25) is 10.8 Å². The van der Waals surface area contributed by atoms with Crippen LogP contribution in [-0.2, 0) is 0 Å². The van der Waals surface area contributed by atoms with Gasteiger partial charge in [-0.15, -0.1) is 0 Å². The number of anilines is 1. The minimum Gasteiger partial charge on any atom is -0.382 e. The van der Waals surface area contributed by atoms with E-state index in [2.05, 4.69) is 49.0 Å². The lowest BCUT2D eigenvalue weighted by Gasteiger charge is -2.08. The number of halogens is 2. The Bertz CT molecular complexity index is 532. The molecular formula is C10H9BrIN5. The molecule has 0 saturated carbocycles. The largest absolute Gasteiger partial charge is 0.382 e. The number of amidine groups is 1. The fraction of sp³-hybridized carbons (Fsp3) is 0.100. The van der Waals surface area contributed by atoms with Crippen molar-refractivity contribution >= 4 is 55.8 Å². The zero-order valence-electron chi connectivity index (χ0n) is 8.88. The van der Waals surface area contributed by atoms with Crippen LogP contribution in [0.25, 0.3) is 0 Å². The molecule has 4 N–H and O–H groups in total. The molecule has 0 fully saturated rings. The maximum Gasteiger partial charge on any atom is 0.201 e. The van der Waals surface area contributed by atoms with Gasteiger partial charge in [0.25, 0.3) is 0 Å². The van der Waals surface area contributed by atoms with Crippen molar-refractivity contribution in [2.24, 2.45) is 10.8 Å². The van der Waals surface area contributed by atoms with Gasteiger partial charge in [0.2, 0.25) is 5.71 Å². The van der Waals surface area contributed by atoms with Crippen molar-refractivity contribution in [1.82, 2.24) is 0 Å². The predicted molar refractivity (Wildman–Crippen MR) is 80.2 cm³/mol. The van der Waals surface area contributed by atoms with Crippen LogP contribution in [0.1, 0.15) is 5.56 Å². The number of nitrogens with one attached hydrogen (secondary N) is 2. The first-order valence-electron chi connectivity index (χ1n) is 4.50. The lowest BCUT2D eigenvalue weighted by atomic mass is 10.2. The SMILES string of the molecule is Cc1c(Br)ccc(N/N=C(\C#N)C(=N)N)c1I. The van der Waals surface area contributed by atoms with Crippen molar-refractivity contribution in [3.63, 3.8) is 0 Å². The Morgan fingerprint density at radius 2 is 2.29 bits per heavy atom. The smallest absolute Gasteiger partial charge is 0.201 e. The van der Waals surface area contributed by atoms with Gasteiger partial charge in [-0.1, -0.05) is 15.9 Å². The Balaban J connectivity index is 3.02. The van der Waals surface area contributed by atoms with Gasteiger partial charge >= 0.3 is 0 Å². The summed E-state index contributed by atoms with van der Waals surface area (Å²) < 4.78 is 1.99. The average molecular weight is 406 g/mol. The molecule has 0 saturated heterocycles. The van der Waals surface area contributed by atoms with Crippen LogP contribution in [0.15, 0.2) is 21.7 Å². The average Bonchev–Trinajstić information content (AvgIpc) is 2.29. The van der Waals surface area contributed by atoms with Crippen LogP contribution >= 0.6 is 38.5 Å². The highest BCUT2D eigenvalue weighted by Crippen LogP contribution is 2.27. The number of nitriles is 1. The number of hydrogen-bond donors (Lipinski definition) is 3. The second-order valence-corrected chi connectivity index (χ2v) is 5.06. The van der Waals surface area contributed by atoms with E-state index in [-0.39, 0.29) is 11.5 Å². The highest BCUT2D eigenvalue weighted by atomic mass is 127. The first kappa shape index (κ1) is 13.9. The van der Waals surface area contributed by atoms with Gasteiger partial charge in [-0.2, -0.15) is 10.4 Å². The van der Waals surface area contributed by atoms with E-state index >= 15 is 0 Å². The van der Waals surface area contributed by atoms with Crippen LogP contribution in [0, 0.1) is 27.2 Å². The van der Waals surface area contributed by atoms with E-state index in [1.807, 2.05) is 19.1 Å². The minimum atomic E-state index is -0.358. The Hall–Kier alpha value is -1.14. The van der Waals surface area contributed by atoms with E-state index in [4.69, 9.17) is 16.4 Å². The van der Waals surface area contributed by atoms with Crippen LogP contribution in [-0.4, -0.2) is 11.5 Å². The number of benzene rings is 1. The van der Waals surface area contributed by atoms with Crippen molar-refractivity contribution in [1.29, 1.82) is 10.7 Å². The molecule has 5 nitrogen and oxygen atoms in total. The third-order valence-corrected chi connectivity index (χ3v) is 4.22. The quantitative estimate of drug-likeness (QED) is 0.312. The van der Waals surface area contributed by atoms with Gasteiger partial charge < -0.3 is 5.73 Å². The zero-order chi connectivity index (χ0) is 13.0. The number of nitrogens with two attached hydrogens (primary N) is 1. The van der Waals surface area contributed by atoms with Gasteiger partial charge in [-0.25, -0.2) is 0 Å². The highest BCUT2D eigenvalue weighted by Gasteiger charge is 2.06. The third-order valence-electron chi connectivity index (χ3n) is 1.97. The highest BCUT2D eigenvalue weighted by molar-refractivity contribution is 14.1. The van der Waals surface area contributed by atoms with E-state index < -0.39 is 0 Å². The third kappa shape index (κ3) is 3.41. The standard InChI is InChI=1S/C10H9BrIN5/c1-5-6(11)2-3-7(9(5)12)16-17-8(4-13)10(14)15/h2-3,16H,1H3,(H3,14,15)/b17-8+. The number of nitrogens with zero attached hydrogens (tertiary/aromatic N) is 2. The summed E-state index contributed by atoms with van der Waals surface area (Å²) in [5.74, 6) is -0.358. The summed E-state index contributed by atoms with van der Waals surface area (Å²) in [6.45, 7) is 1.97. The van der Waals surface area contributed by atoms with E-state index in [9.17, 15) is 0 Å². The molecule has 0 aliphatic carbocycles. The number of rotatable bonds is 3. The molecule has 1 rings (SSSR count).